The number of benzene rings is 2. The largest absolute Gasteiger partial charge is 0.419 e. The summed E-state index contributed by atoms with van der Waals surface area (Å²) in [6.07, 6.45) is -4.70. The van der Waals surface area contributed by atoms with E-state index < -0.39 is 17.6 Å². The van der Waals surface area contributed by atoms with E-state index in [1.807, 2.05) is 6.07 Å². The Labute approximate surface area is 118 Å². The molecule has 0 bridgehead atoms. The molecule has 0 amide bonds. The molecule has 2 aromatic rings. The Morgan fingerprint density at radius 2 is 1.71 bits per heavy atom. The SMILES string of the molecule is N#Cc1ccc(CNc2ccc(C(F)(F)F)c(F)c2)cc1. The molecule has 0 heterocycles. The van der Waals surface area contributed by atoms with E-state index in [1.54, 1.807) is 24.3 Å². The first-order valence-electron chi connectivity index (χ1n) is 6.00. The van der Waals surface area contributed by atoms with Crippen molar-refractivity contribution in [2.75, 3.05) is 5.32 Å². The first-order chi connectivity index (χ1) is 9.90. The monoisotopic (exact) mass is 294 g/mol. The van der Waals surface area contributed by atoms with Crippen LogP contribution in [0, 0.1) is 17.1 Å². The van der Waals surface area contributed by atoms with E-state index in [0.717, 1.165) is 11.6 Å². The molecule has 0 saturated carbocycles. The Morgan fingerprint density at radius 1 is 1.05 bits per heavy atom. The lowest BCUT2D eigenvalue weighted by molar-refractivity contribution is -0.139. The van der Waals surface area contributed by atoms with E-state index in [9.17, 15) is 17.6 Å². The third-order valence-electron chi connectivity index (χ3n) is 2.85. The number of nitriles is 1. The van der Waals surface area contributed by atoms with Gasteiger partial charge < -0.3 is 5.32 Å². The second-order valence-electron chi connectivity index (χ2n) is 4.35. The van der Waals surface area contributed by atoms with Gasteiger partial charge in [-0.1, -0.05) is 12.1 Å². The van der Waals surface area contributed by atoms with Gasteiger partial charge in [0.05, 0.1) is 17.2 Å². The van der Waals surface area contributed by atoms with E-state index >= 15 is 0 Å². The lowest BCUT2D eigenvalue weighted by Crippen LogP contribution is -2.08. The van der Waals surface area contributed by atoms with Gasteiger partial charge in [-0.25, -0.2) is 4.39 Å². The van der Waals surface area contributed by atoms with Gasteiger partial charge in [-0.2, -0.15) is 18.4 Å². The predicted molar refractivity (Wildman–Crippen MR) is 69.9 cm³/mol. The first-order valence-corrected chi connectivity index (χ1v) is 6.00. The van der Waals surface area contributed by atoms with Crippen LogP contribution in [0.5, 0.6) is 0 Å². The van der Waals surface area contributed by atoms with Crippen molar-refractivity contribution in [1.29, 1.82) is 5.26 Å². The van der Waals surface area contributed by atoms with Crippen LogP contribution in [0.1, 0.15) is 16.7 Å². The summed E-state index contributed by atoms with van der Waals surface area (Å²) in [7, 11) is 0. The van der Waals surface area contributed by atoms with Crippen LogP contribution in [0.3, 0.4) is 0 Å². The van der Waals surface area contributed by atoms with Gasteiger partial charge >= 0.3 is 6.18 Å². The van der Waals surface area contributed by atoms with Gasteiger partial charge in [0.25, 0.3) is 0 Å². The quantitative estimate of drug-likeness (QED) is 0.855. The molecule has 6 heteroatoms. The molecule has 2 nitrogen and oxygen atoms in total. The van der Waals surface area contributed by atoms with Crippen LogP contribution in [0.15, 0.2) is 42.5 Å². The van der Waals surface area contributed by atoms with Crippen molar-refractivity contribution in [3.8, 4) is 6.07 Å². The molecule has 0 saturated heterocycles. The molecule has 1 N–H and O–H groups in total. The summed E-state index contributed by atoms with van der Waals surface area (Å²) in [5.41, 5.74) is 0.310. The number of nitrogens with one attached hydrogen (secondary N) is 1. The Kier molecular flexibility index (Phi) is 4.13. The van der Waals surface area contributed by atoms with E-state index in [2.05, 4.69) is 5.32 Å². The van der Waals surface area contributed by atoms with Crippen molar-refractivity contribution in [2.45, 2.75) is 12.7 Å². The molecule has 0 radical (unpaired) electrons. The summed E-state index contributed by atoms with van der Waals surface area (Å²) in [5, 5.41) is 11.5. The van der Waals surface area contributed by atoms with E-state index in [1.165, 1.54) is 6.07 Å². The Balaban J connectivity index is 2.07. The maximum Gasteiger partial charge on any atom is 0.419 e. The number of rotatable bonds is 3. The number of alkyl halides is 3. The fourth-order valence-corrected chi connectivity index (χ4v) is 1.76. The molecule has 0 fully saturated rings. The zero-order valence-corrected chi connectivity index (χ0v) is 10.7. The zero-order valence-electron chi connectivity index (χ0n) is 10.7. The van der Waals surface area contributed by atoms with Gasteiger partial charge in [0.15, 0.2) is 0 Å². The number of halogens is 4. The smallest absolute Gasteiger partial charge is 0.381 e. The van der Waals surface area contributed by atoms with Gasteiger partial charge in [0.2, 0.25) is 0 Å². The van der Waals surface area contributed by atoms with Crippen molar-refractivity contribution in [2.24, 2.45) is 0 Å². The minimum atomic E-state index is -4.70. The number of anilines is 1. The molecular formula is C15H10F4N2. The fourth-order valence-electron chi connectivity index (χ4n) is 1.76. The van der Waals surface area contributed by atoms with E-state index in [-0.39, 0.29) is 5.69 Å². The summed E-state index contributed by atoms with van der Waals surface area (Å²) in [6, 6.07) is 11.4. The normalized spacial score (nSPS) is 11.0. The topological polar surface area (TPSA) is 35.8 Å². The first kappa shape index (κ1) is 14.9. The van der Waals surface area contributed by atoms with Crippen molar-refractivity contribution in [3.63, 3.8) is 0 Å². The second-order valence-corrected chi connectivity index (χ2v) is 4.35. The van der Waals surface area contributed by atoms with Crippen molar-refractivity contribution < 1.29 is 17.6 Å². The zero-order chi connectivity index (χ0) is 15.5. The van der Waals surface area contributed by atoms with Gasteiger partial charge in [0.1, 0.15) is 5.82 Å². The third kappa shape index (κ3) is 3.72. The van der Waals surface area contributed by atoms with Crippen LogP contribution in [0.2, 0.25) is 0 Å². The molecule has 0 atom stereocenters. The molecule has 21 heavy (non-hydrogen) atoms. The summed E-state index contributed by atoms with van der Waals surface area (Å²) in [6.45, 7) is 0.316. The van der Waals surface area contributed by atoms with Crippen molar-refractivity contribution in [3.05, 3.63) is 65.0 Å². The highest BCUT2D eigenvalue weighted by Crippen LogP contribution is 2.32. The highest BCUT2D eigenvalue weighted by Gasteiger charge is 2.33. The minimum absolute atomic E-state index is 0.254. The maximum absolute atomic E-state index is 13.4. The number of nitrogens with zero attached hydrogens (tertiary/aromatic N) is 1. The summed E-state index contributed by atoms with van der Waals surface area (Å²) < 4.78 is 50.6. The van der Waals surface area contributed by atoms with Gasteiger partial charge in [0, 0.05) is 12.2 Å². The highest BCUT2D eigenvalue weighted by molar-refractivity contribution is 5.46. The van der Waals surface area contributed by atoms with Crippen LogP contribution in [0.25, 0.3) is 0 Å². The van der Waals surface area contributed by atoms with E-state index in [4.69, 9.17) is 5.26 Å². The van der Waals surface area contributed by atoms with E-state index in [0.29, 0.717) is 18.2 Å². The molecule has 108 valence electrons. The van der Waals surface area contributed by atoms with Crippen LogP contribution in [-0.2, 0) is 12.7 Å². The Bertz CT molecular complexity index is 670. The maximum atomic E-state index is 13.4. The van der Waals surface area contributed by atoms with Crippen molar-refractivity contribution >= 4 is 5.69 Å². The number of hydrogen-bond acceptors (Lipinski definition) is 2. The fraction of sp³-hybridized carbons (Fsp3) is 0.133. The van der Waals surface area contributed by atoms with Crippen molar-refractivity contribution in [1.82, 2.24) is 0 Å². The third-order valence-corrected chi connectivity index (χ3v) is 2.85. The standard InChI is InChI=1S/C15H10F4N2/c16-14-7-12(5-6-13(14)15(17,18)19)21-9-11-3-1-10(8-20)2-4-11/h1-7,21H,9H2. The van der Waals surface area contributed by atoms with Gasteiger partial charge in [-0.15, -0.1) is 0 Å². The highest BCUT2D eigenvalue weighted by atomic mass is 19.4. The Hall–Kier alpha value is -2.55. The van der Waals surface area contributed by atoms with Crippen LogP contribution in [0.4, 0.5) is 23.2 Å². The Morgan fingerprint density at radius 3 is 2.24 bits per heavy atom. The summed E-state index contributed by atoms with van der Waals surface area (Å²) >= 11 is 0. The summed E-state index contributed by atoms with van der Waals surface area (Å²) in [4.78, 5) is 0. The minimum Gasteiger partial charge on any atom is -0.381 e. The second kappa shape index (κ2) is 5.83. The average Bonchev–Trinajstić information content (AvgIpc) is 2.44. The molecule has 2 rings (SSSR count). The predicted octanol–water partition coefficient (Wildman–Crippen LogP) is 4.33. The molecular weight excluding hydrogens is 284 g/mol. The van der Waals surface area contributed by atoms with Gasteiger partial charge in [-0.05, 0) is 35.9 Å². The molecule has 0 spiro atoms. The molecule has 0 aliphatic rings. The van der Waals surface area contributed by atoms with Crippen LogP contribution in [-0.4, -0.2) is 0 Å². The van der Waals surface area contributed by atoms with Gasteiger partial charge in [-0.3, -0.25) is 0 Å². The molecule has 0 aliphatic heterocycles. The lowest BCUT2D eigenvalue weighted by atomic mass is 10.1. The van der Waals surface area contributed by atoms with Crippen LogP contribution < -0.4 is 5.32 Å². The lowest BCUT2D eigenvalue weighted by Gasteiger charge is -2.11. The number of hydrogen-bond donors (Lipinski definition) is 1. The molecule has 0 unspecified atom stereocenters. The van der Waals surface area contributed by atoms with Crippen LogP contribution >= 0.6 is 0 Å². The molecule has 0 aliphatic carbocycles. The molecule has 0 aromatic heterocycles. The average molecular weight is 294 g/mol. The summed E-state index contributed by atoms with van der Waals surface area (Å²) in [5.74, 6) is -1.31. The molecule has 2 aromatic carbocycles.